The van der Waals surface area contributed by atoms with Crippen LogP contribution in [0.3, 0.4) is 0 Å². The molecule has 30 aromatic rings. The minimum atomic E-state index is 0.910. The van der Waals surface area contributed by atoms with Gasteiger partial charge in [-0.2, -0.15) is 0 Å². The molecule has 6 nitrogen and oxygen atoms in total. The molecule has 0 unspecified atom stereocenters. The Bertz CT molecular complexity index is 10100. The van der Waals surface area contributed by atoms with E-state index in [1.54, 1.807) is 0 Å². The normalized spacial score (nSPS) is 11.9. The van der Waals surface area contributed by atoms with Gasteiger partial charge >= 0.3 is 0 Å². The number of furan rings is 3. The van der Waals surface area contributed by atoms with Gasteiger partial charge in [0.2, 0.25) is 0 Å². The largest absolute Gasteiger partial charge is 0.456 e. The van der Waals surface area contributed by atoms with Gasteiger partial charge in [-0.15, -0.1) is 34.0 Å². The number of hydrogen-bond donors (Lipinski definition) is 0. The predicted molar refractivity (Wildman–Crippen MR) is 583 cm³/mol. The zero-order valence-corrected chi connectivity index (χ0v) is 76.2. The number of benzene rings is 21. The second kappa shape index (κ2) is 31.8. The molecule has 0 atom stereocenters. The Kier molecular flexibility index (Phi) is 18.2. The average molecular weight is 1800 g/mol. The summed E-state index contributed by atoms with van der Waals surface area (Å²) in [6.07, 6.45) is 0. The van der Waals surface area contributed by atoms with E-state index >= 15 is 0 Å². The van der Waals surface area contributed by atoms with Crippen LogP contribution in [0.1, 0.15) is 0 Å². The van der Waals surface area contributed by atoms with Gasteiger partial charge in [0.1, 0.15) is 33.5 Å². The van der Waals surface area contributed by atoms with Crippen LogP contribution in [0.5, 0.6) is 0 Å². The van der Waals surface area contributed by atoms with Gasteiger partial charge in [-0.25, -0.2) is 0 Å². The maximum Gasteiger partial charge on any atom is 0.143 e. The van der Waals surface area contributed by atoms with E-state index in [-0.39, 0.29) is 0 Å². The van der Waals surface area contributed by atoms with Gasteiger partial charge in [0.25, 0.3) is 0 Å². The summed E-state index contributed by atoms with van der Waals surface area (Å²) in [5.74, 6) is 0. The molecule has 0 fully saturated rings. The third kappa shape index (κ3) is 12.7. The lowest BCUT2D eigenvalue weighted by atomic mass is 9.96. The van der Waals surface area contributed by atoms with E-state index in [2.05, 4.69) is 475 Å². The Morgan fingerprint density at radius 2 is 0.511 bits per heavy atom. The molecule has 0 aliphatic rings. The lowest BCUT2D eigenvalue weighted by Gasteiger charge is -2.09. The summed E-state index contributed by atoms with van der Waals surface area (Å²) in [5.41, 5.74) is 33.5. The molecule has 0 N–H and O–H groups in total. The standard InChI is InChI=1S/C44H27NOS.2C42H25NOS/c1-3-11-29(12-4-1)34-17-9-18-37-41-33(16-10-20-39(41)46-43(34)37)30-23-21-28(22-24-30)31-25-26-36-40(27-31)47-44-35-15-7-8-19-38(35)45(42(36)44)32-13-5-2-6-14-32;1-2-10-30(11-3-1)43-36-16-7-6-13-33(36)42-40(43)35-15-8-14-32(41(35)45-42)28-19-17-26(18-20-28)29-21-23-34-38(25-29)44-37-24-22-27-9-4-5-12-31(27)39(34)37;1-2-10-30(11-3-1)43-36-15-7-6-13-33(36)42-40(43)34-23-22-29(25-38(34)45-42)26-17-19-28(20-18-26)31-14-8-16-37-39(31)35-24-21-27-9-4-5-12-32(27)41(35)44-37/h1-27H;2*1-25H. The van der Waals surface area contributed by atoms with Crippen molar-refractivity contribution in [2.75, 3.05) is 0 Å². The van der Waals surface area contributed by atoms with Crippen LogP contribution in [-0.2, 0) is 0 Å². The SMILES string of the molecule is c1ccc(-c2cccc3c2oc2cccc(-c4ccc(-c5ccc6c(c5)sc5c7ccccc7n(-c7ccccc7)c65)cc4)c23)cc1.c1ccc(-n2c3ccccc3c3sc4c(-c5ccc(-c6ccc7c(c6)oc6ccc8ccccc8c67)cc5)cccc4c32)cc1.c1ccc(-n2c3ccccc3c3sc4cc(-c5ccc(-c6cccc7oc8c9ccccc9ccc8c67)cc5)ccc4c32)cc1. The van der Waals surface area contributed by atoms with Gasteiger partial charge in [0.15, 0.2) is 0 Å². The molecule has 0 saturated heterocycles. The molecular weight excluding hydrogens is 1720 g/mol. The molecular formula is C128H77N3O3S3. The van der Waals surface area contributed by atoms with Crippen LogP contribution in [0.25, 0.3) is 276 Å². The van der Waals surface area contributed by atoms with Crippen LogP contribution in [0.2, 0.25) is 0 Å². The maximum absolute atomic E-state index is 6.52. The Balaban J connectivity index is 0.000000102. The summed E-state index contributed by atoms with van der Waals surface area (Å²) in [4.78, 5) is 0. The fraction of sp³-hybridized carbons (Fsp3) is 0. The maximum atomic E-state index is 6.52. The summed E-state index contributed by atoms with van der Waals surface area (Å²) in [6.45, 7) is 0. The highest BCUT2D eigenvalue weighted by Gasteiger charge is 2.26. The zero-order valence-electron chi connectivity index (χ0n) is 73.7. The molecule has 0 bridgehead atoms. The molecule has 137 heavy (non-hydrogen) atoms. The van der Waals surface area contributed by atoms with Crippen molar-refractivity contribution < 1.29 is 13.3 Å². The molecule has 0 saturated carbocycles. The van der Waals surface area contributed by atoms with E-state index in [1.165, 1.54) is 199 Å². The molecule has 0 radical (unpaired) electrons. The first-order chi connectivity index (χ1) is 67.9. The fourth-order valence-corrected chi connectivity index (χ4v) is 25.4. The fourth-order valence-electron chi connectivity index (χ4n) is 21.5. The number of fused-ring (bicyclic) bond motifs is 28. The first-order valence-electron chi connectivity index (χ1n) is 46.5. The van der Waals surface area contributed by atoms with Crippen LogP contribution >= 0.6 is 34.0 Å². The Hall–Kier alpha value is -17.2. The number of rotatable bonds is 10. The third-order valence-electron chi connectivity index (χ3n) is 27.8. The van der Waals surface area contributed by atoms with E-state index in [4.69, 9.17) is 13.3 Å². The average Bonchev–Trinajstić information content (AvgIpc) is 1.57. The van der Waals surface area contributed by atoms with Gasteiger partial charge < -0.3 is 27.0 Å². The summed E-state index contributed by atoms with van der Waals surface area (Å²) < 4.78 is 34.5. The van der Waals surface area contributed by atoms with Crippen molar-refractivity contribution in [2.45, 2.75) is 0 Å². The van der Waals surface area contributed by atoms with Crippen molar-refractivity contribution in [3.63, 3.8) is 0 Å². The highest BCUT2D eigenvalue weighted by Crippen LogP contribution is 2.51. The summed E-state index contributed by atoms with van der Waals surface area (Å²) in [7, 11) is 0. The van der Waals surface area contributed by atoms with Gasteiger partial charge in [-0.3, -0.25) is 0 Å². The first kappa shape index (κ1) is 78.5. The van der Waals surface area contributed by atoms with Crippen molar-refractivity contribution in [2.24, 2.45) is 0 Å². The molecule has 0 aliphatic heterocycles. The second-order valence-electron chi connectivity index (χ2n) is 35.5. The monoisotopic (exact) mass is 1800 g/mol. The predicted octanol–water partition coefficient (Wildman–Crippen LogP) is 37.7. The minimum absolute atomic E-state index is 0.910. The van der Waals surface area contributed by atoms with Gasteiger partial charge in [-0.1, -0.05) is 364 Å². The molecule has 9 heteroatoms. The molecule has 30 rings (SSSR count). The van der Waals surface area contributed by atoms with Crippen molar-refractivity contribution in [1.29, 1.82) is 0 Å². The molecule has 640 valence electrons. The van der Waals surface area contributed by atoms with Crippen LogP contribution in [0.4, 0.5) is 0 Å². The van der Waals surface area contributed by atoms with Crippen LogP contribution in [0, 0.1) is 0 Å². The number of hydrogen-bond acceptors (Lipinski definition) is 6. The van der Waals surface area contributed by atoms with E-state index in [9.17, 15) is 0 Å². The quantitative estimate of drug-likeness (QED) is 0.137. The van der Waals surface area contributed by atoms with E-state index in [0.717, 1.165) is 77.1 Å². The number of nitrogens with zero attached hydrogens (tertiary/aromatic N) is 3. The van der Waals surface area contributed by atoms with Crippen LogP contribution in [-0.4, -0.2) is 13.7 Å². The summed E-state index contributed by atoms with van der Waals surface area (Å²) in [5, 5.41) is 19.6. The van der Waals surface area contributed by atoms with Crippen molar-refractivity contribution in [3.05, 3.63) is 467 Å². The van der Waals surface area contributed by atoms with Gasteiger partial charge in [-0.05, 0) is 192 Å². The highest BCUT2D eigenvalue weighted by molar-refractivity contribution is 7.28. The van der Waals surface area contributed by atoms with E-state index in [1.807, 2.05) is 40.1 Å². The minimum Gasteiger partial charge on any atom is -0.456 e. The summed E-state index contributed by atoms with van der Waals surface area (Å²) in [6, 6.07) is 168. The number of para-hydroxylation sites is 7. The van der Waals surface area contributed by atoms with E-state index in [0.29, 0.717) is 0 Å². The van der Waals surface area contributed by atoms with Crippen LogP contribution in [0.15, 0.2) is 480 Å². The smallest absolute Gasteiger partial charge is 0.143 e. The Morgan fingerprint density at radius 1 is 0.168 bits per heavy atom. The lowest BCUT2D eigenvalue weighted by Crippen LogP contribution is -1.92. The van der Waals surface area contributed by atoms with E-state index < -0.39 is 0 Å². The Labute approximate surface area is 797 Å². The highest BCUT2D eigenvalue weighted by atomic mass is 32.1. The topological polar surface area (TPSA) is 54.2 Å². The number of aromatic nitrogens is 3. The summed E-state index contributed by atoms with van der Waals surface area (Å²) >= 11 is 5.68. The molecule has 0 aliphatic carbocycles. The van der Waals surface area contributed by atoms with Gasteiger partial charge in [0.05, 0.1) is 47.2 Å². The third-order valence-corrected chi connectivity index (χ3v) is 31.5. The molecule has 9 aromatic heterocycles. The second-order valence-corrected chi connectivity index (χ2v) is 38.6. The number of thiophene rings is 3. The van der Waals surface area contributed by atoms with Crippen molar-refractivity contribution >= 4 is 215 Å². The molecule has 0 spiro atoms. The first-order valence-corrected chi connectivity index (χ1v) is 48.9. The lowest BCUT2D eigenvalue weighted by molar-refractivity contribution is 0.669. The molecule has 21 aromatic carbocycles. The van der Waals surface area contributed by atoms with Gasteiger partial charge in [0, 0.05) is 107 Å². The Morgan fingerprint density at radius 3 is 1.04 bits per heavy atom. The van der Waals surface area contributed by atoms with Crippen molar-refractivity contribution in [1.82, 2.24) is 13.7 Å². The molecule has 0 amide bonds. The zero-order chi connectivity index (χ0) is 89.9. The van der Waals surface area contributed by atoms with Crippen LogP contribution < -0.4 is 0 Å². The van der Waals surface area contributed by atoms with Crippen molar-refractivity contribution in [3.8, 4) is 95.0 Å². The molecule has 9 heterocycles.